The number of nitrogens with one attached hydrogen (secondary N) is 1. The van der Waals surface area contributed by atoms with Gasteiger partial charge in [0, 0.05) is 11.6 Å². The summed E-state index contributed by atoms with van der Waals surface area (Å²) in [5.74, 6) is -0.480. The summed E-state index contributed by atoms with van der Waals surface area (Å²) in [5, 5.41) is 21.4. The first-order valence-corrected chi connectivity index (χ1v) is 8.42. The number of phenolic OH excluding ortho intramolecular Hbond substituents is 1. The smallest absolute Gasteiger partial charge is 0.237 e. The summed E-state index contributed by atoms with van der Waals surface area (Å²) in [6, 6.07) is 4.25. The van der Waals surface area contributed by atoms with Crippen LogP contribution in [0.1, 0.15) is 32.3 Å². The molecule has 25 heavy (non-hydrogen) atoms. The molecule has 1 heterocycles. The van der Waals surface area contributed by atoms with Gasteiger partial charge in [-0.2, -0.15) is 9.37 Å². The van der Waals surface area contributed by atoms with Crippen molar-refractivity contribution >= 4 is 29.0 Å². The fourth-order valence-electron chi connectivity index (χ4n) is 2.13. The molecule has 2 aromatic rings. The van der Waals surface area contributed by atoms with Crippen molar-refractivity contribution in [1.29, 1.82) is 0 Å². The highest BCUT2D eigenvalue weighted by atomic mass is 35.5. The van der Waals surface area contributed by atoms with Gasteiger partial charge in [-0.3, -0.25) is 0 Å². The molecular weight excluding hydrogens is 370 g/mol. The maximum atomic E-state index is 14.0. The zero-order valence-electron chi connectivity index (χ0n) is 14.0. The third-order valence-electron chi connectivity index (χ3n) is 3.50. The molecule has 1 atom stereocenters. The minimum absolute atomic E-state index is 0.00845. The lowest BCUT2D eigenvalue weighted by Gasteiger charge is -2.17. The molecule has 0 spiro atoms. The van der Waals surface area contributed by atoms with Gasteiger partial charge in [-0.15, -0.1) is 0 Å². The van der Waals surface area contributed by atoms with E-state index in [1.807, 2.05) is 13.8 Å². The van der Waals surface area contributed by atoms with Crippen molar-refractivity contribution < 1.29 is 19.3 Å². The molecule has 5 nitrogen and oxygen atoms in total. The Kier molecular flexibility index (Phi) is 6.32. The summed E-state index contributed by atoms with van der Waals surface area (Å²) in [7, 11) is 0. The number of halogens is 3. The van der Waals surface area contributed by atoms with Crippen LogP contribution >= 0.6 is 23.2 Å². The van der Waals surface area contributed by atoms with E-state index in [9.17, 15) is 9.50 Å². The minimum Gasteiger partial charge on any atom is -0.508 e. The lowest BCUT2D eigenvalue weighted by atomic mass is 10.0. The number of aliphatic hydroxyl groups is 1. The van der Waals surface area contributed by atoms with E-state index in [1.165, 1.54) is 12.1 Å². The molecule has 0 bridgehead atoms. The second-order valence-electron chi connectivity index (χ2n) is 5.91. The Hall–Kier alpha value is -1.76. The summed E-state index contributed by atoms with van der Waals surface area (Å²) in [6.45, 7) is 5.33. The van der Waals surface area contributed by atoms with E-state index in [0.29, 0.717) is 11.3 Å². The van der Waals surface area contributed by atoms with E-state index >= 15 is 0 Å². The van der Waals surface area contributed by atoms with Crippen molar-refractivity contribution in [3.8, 4) is 17.2 Å². The van der Waals surface area contributed by atoms with Crippen LogP contribution < -0.4 is 10.1 Å². The summed E-state index contributed by atoms with van der Waals surface area (Å²) in [6.07, 6.45) is 0. The molecule has 2 rings (SSSR count). The molecule has 0 aliphatic rings. The number of ether oxygens (including phenoxy) is 1. The maximum Gasteiger partial charge on any atom is 0.237 e. The van der Waals surface area contributed by atoms with Gasteiger partial charge in [0.05, 0.1) is 6.61 Å². The molecule has 8 heteroatoms. The lowest BCUT2D eigenvalue weighted by Crippen LogP contribution is -2.20. The quantitative estimate of drug-likeness (QED) is 0.610. The van der Waals surface area contributed by atoms with E-state index in [4.69, 9.17) is 33.0 Å². The van der Waals surface area contributed by atoms with Crippen LogP contribution in [0.4, 0.5) is 10.2 Å². The van der Waals surface area contributed by atoms with Crippen LogP contribution in [0, 0.1) is 5.95 Å². The molecule has 0 saturated heterocycles. The number of hydrogen-bond acceptors (Lipinski definition) is 5. The molecule has 136 valence electrons. The standard InChI is InChI=1S/C17H19Cl2FN2O3/c1-8(2)11-6-10(4-5-12(11)24)25-15-13(18)16(20)22-17(14(15)19)21-9(3)7-23/h4-6,8-9,23-24H,7H2,1-3H3,(H,21,22)/t9-/m1/s1. The van der Waals surface area contributed by atoms with E-state index in [0.717, 1.165) is 0 Å². The van der Waals surface area contributed by atoms with Gasteiger partial charge in [0.25, 0.3) is 0 Å². The third kappa shape index (κ3) is 4.45. The Balaban J connectivity index is 2.44. The number of nitrogens with zero attached hydrogens (tertiary/aromatic N) is 1. The Bertz CT molecular complexity index is 772. The molecule has 0 saturated carbocycles. The summed E-state index contributed by atoms with van der Waals surface area (Å²) in [5.41, 5.74) is 0.673. The summed E-state index contributed by atoms with van der Waals surface area (Å²) < 4.78 is 19.7. The van der Waals surface area contributed by atoms with Crippen LogP contribution in [0.3, 0.4) is 0 Å². The van der Waals surface area contributed by atoms with Gasteiger partial charge in [-0.1, -0.05) is 37.0 Å². The molecule has 0 unspecified atom stereocenters. The third-order valence-corrected chi connectivity index (χ3v) is 4.17. The predicted octanol–water partition coefficient (Wildman–Crippen LogP) is 4.94. The van der Waals surface area contributed by atoms with E-state index in [1.54, 1.807) is 13.0 Å². The molecule has 0 fully saturated rings. The molecule has 1 aromatic heterocycles. The summed E-state index contributed by atoms with van der Waals surface area (Å²) >= 11 is 12.2. The van der Waals surface area contributed by atoms with Crippen LogP contribution in [-0.2, 0) is 0 Å². The van der Waals surface area contributed by atoms with Crippen molar-refractivity contribution in [2.75, 3.05) is 11.9 Å². The number of aliphatic hydroxyl groups excluding tert-OH is 1. The van der Waals surface area contributed by atoms with Gasteiger partial charge in [0.2, 0.25) is 5.95 Å². The maximum absolute atomic E-state index is 14.0. The van der Waals surface area contributed by atoms with E-state index < -0.39 is 5.95 Å². The zero-order chi connectivity index (χ0) is 18.7. The summed E-state index contributed by atoms with van der Waals surface area (Å²) in [4.78, 5) is 3.65. The fourth-order valence-corrected chi connectivity index (χ4v) is 2.59. The average molecular weight is 389 g/mol. The van der Waals surface area contributed by atoms with Crippen molar-refractivity contribution in [2.45, 2.75) is 32.7 Å². The van der Waals surface area contributed by atoms with Gasteiger partial charge < -0.3 is 20.3 Å². The van der Waals surface area contributed by atoms with Crippen LogP contribution in [0.15, 0.2) is 18.2 Å². The lowest BCUT2D eigenvalue weighted by molar-refractivity contribution is 0.281. The normalized spacial score (nSPS) is 12.3. The number of aromatic nitrogens is 1. The number of pyridine rings is 1. The number of rotatable bonds is 6. The molecule has 0 aliphatic carbocycles. The number of benzene rings is 1. The Morgan fingerprint density at radius 1 is 1.24 bits per heavy atom. The average Bonchev–Trinajstić information content (AvgIpc) is 2.57. The first-order chi connectivity index (χ1) is 11.7. The number of hydrogen-bond donors (Lipinski definition) is 3. The van der Waals surface area contributed by atoms with Crippen molar-refractivity contribution in [2.24, 2.45) is 0 Å². The van der Waals surface area contributed by atoms with Gasteiger partial charge in [-0.25, -0.2) is 0 Å². The topological polar surface area (TPSA) is 74.6 Å². The molecule has 0 amide bonds. The Morgan fingerprint density at radius 3 is 2.52 bits per heavy atom. The Labute approximate surface area is 155 Å². The minimum atomic E-state index is -0.948. The molecular formula is C17H19Cl2FN2O3. The number of aromatic hydroxyl groups is 1. The Morgan fingerprint density at radius 2 is 1.92 bits per heavy atom. The molecule has 0 aliphatic heterocycles. The number of anilines is 1. The van der Waals surface area contributed by atoms with Crippen LogP contribution in [0.25, 0.3) is 0 Å². The second-order valence-corrected chi connectivity index (χ2v) is 6.67. The van der Waals surface area contributed by atoms with Gasteiger partial charge in [0.15, 0.2) is 11.6 Å². The zero-order valence-corrected chi connectivity index (χ0v) is 15.5. The monoisotopic (exact) mass is 388 g/mol. The van der Waals surface area contributed by atoms with Crippen molar-refractivity contribution in [3.63, 3.8) is 0 Å². The van der Waals surface area contributed by atoms with E-state index in [-0.39, 0.29) is 45.9 Å². The predicted molar refractivity (Wildman–Crippen MR) is 96.7 cm³/mol. The van der Waals surface area contributed by atoms with Crippen LogP contribution in [0.2, 0.25) is 10.0 Å². The number of phenols is 1. The highest BCUT2D eigenvalue weighted by Crippen LogP contribution is 2.42. The first kappa shape index (κ1) is 19.6. The van der Waals surface area contributed by atoms with Gasteiger partial charge in [-0.05, 0) is 31.0 Å². The largest absolute Gasteiger partial charge is 0.508 e. The van der Waals surface area contributed by atoms with Crippen LogP contribution in [0.5, 0.6) is 17.2 Å². The van der Waals surface area contributed by atoms with Crippen molar-refractivity contribution in [1.82, 2.24) is 4.98 Å². The fraction of sp³-hybridized carbons (Fsp3) is 0.353. The van der Waals surface area contributed by atoms with Crippen molar-refractivity contribution in [3.05, 3.63) is 39.8 Å². The molecule has 1 aromatic carbocycles. The van der Waals surface area contributed by atoms with Gasteiger partial charge in [0.1, 0.15) is 21.5 Å². The van der Waals surface area contributed by atoms with Gasteiger partial charge >= 0.3 is 0 Å². The second kappa shape index (κ2) is 8.08. The first-order valence-electron chi connectivity index (χ1n) is 7.67. The SMILES string of the molecule is CC(C)c1cc(Oc2c(Cl)c(F)nc(N[C@H](C)CO)c2Cl)ccc1O. The molecule has 0 radical (unpaired) electrons. The molecule has 3 N–H and O–H groups in total. The van der Waals surface area contributed by atoms with Crippen LogP contribution in [-0.4, -0.2) is 27.8 Å². The highest BCUT2D eigenvalue weighted by molar-refractivity contribution is 6.38. The highest BCUT2D eigenvalue weighted by Gasteiger charge is 2.21. The van der Waals surface area contributed by atoms with E-state index in [2.05, 4.69) is 10.3 Å².